The lowest BCUT2D eigenvalue weighted by atomic mass is 9.98. The summed E-state index contributed by atoms with van der Waals surface area (Å²) >= 11 is 7.44. The fourth-order valence-electron chi connectivity index (χ4n) is 3.11. The molecule has 136 valence electrons. The summed E-state index contributed by atoms with van der Waals surface area (Å²) in [7, 11) is 0. The zero-order valence-corrected chi connectivity index (χ0v) is 15.6. The molecule has 0 saturated carbocycles. The number of halogens is 2. The predicted octanol–water partition coefficient (Wildman–Crippen LogP) is 5.44. The zero-order valence-electron chi connectivity index (χ0n) is 14.0. The molecule has 0 radical (unpaired) electrons. The Hall–Kier alpha value is -2.83. The number of nitrogens with one attached hydrogen (secondary N) is 1. The van der Waals surface area contributed by atoms with Crippen molar-refractivity contribution < 1.29 is 14.6 Å². The lowest BCUT2D eigenvalue weighted by Gasteiger charge is -2.10. The normalized spacial score (nSPS) is 11.2. The Balaban J connectivity index is 2.11. The molecule has 0 aliphatic heterocycles. The molecule has 4 nitrogen and oxygen atoms in total. The number of hydrogen-bond donors (Lipinski definition) is 3. The lowest BCUT2D eigenvalue weighted by Crippen LogP contribution is -2.08. The molecule has 2 heterocycles. The van der Waals surface area contributed by atoms with E-state index in [1.807, 2.05) is 0 Å². The van der Waals surface area contributed by atoms with Crippen LogP contribution in [0.25, 0.3) is 32.5 Å². The molecule has 2 aromatic heterocycles. The van der Waals surface area contributed by atoms with Crippen LogP contribution >= 0.6 is 22.9 Å². The van der Waals surface area contributed by atoms with Crippen molar-refractivity contribution in [3.05, 3.63) is 68.5 Å². The molecule has 3 N–H and O–H groups in total. The third-order valence-corrected chi connectivity index (χ3v) is 5.80. The van der Waals surface area contributed by atoms with Crippen molar-refractivity contribution in [2.45, 2.75) is 6.92 Å². The van der Waals surface area contributed by atoms with Crippen molar-refractivity contribution >= 4 is 33.2 Å². The molecule has 0 fully saturated rings. The summed E-state index contributed by atoms with van der Waals surface area (Å²) in [5.41, 5.74) is 0.920. The first kappa shape index (κ1) is 17.6. The molecule has 7 heteroatoms. The number of aromatic nitrogens is 1. The molecule has 0 unspecified atom stereocenters. The van der Waals surface area contributed by atoms with E-state index in [1.54, 1.807) is 30.3 Å². The molecule has 4 rings (SSSR count). The number of H-pyrrole nitrogens is 1. The fraction of sp³-hybridized carbons (Fsp3) is 0.0500. The Bertz CT molecular complexity index is 1250. The van der Waals surface area contributed by atoms with Gasteiger partial charge in [0.05, 0.1) is 10.9 Å². The summed E-state index contributed by atoms with van der Waals surface area (Å²) in [6.45, 7) is 1.45. The average Bonchev–Trinajstić information content (AvgIpc) is 2.97. The summed E-state index contributed by atoms with van der Waals surface area (Å²) in [5, 5.41) is 21.7. The maximum absolute atomic E-state index is 13.7. The predicted molar refractivity (Wildman–Crippen MR) is 106 cm³/mol. The summed E-state index contributed by atoms with van der Waals surface area (Å²) in [5.74, 6) is -1.04. The Morgan fingerprint density at radius 1 is 1.04 bits per heavy atom. The second kappa shape index (κ2) is 6.40. The van der Waals surface area contributed by atoms with Gasteiger partial charge in [-0.05, 0) is 24.6 Å². The van der Waals surface area contributed by atoms with E-state index in [-0.39, 0.29) is 32.5 Å². The number of pyridine rings is 1. The number of fused-ring (bicyclic) bond motifs is 1. The number of phenols is 1. The minimum atomic E-state index is -0.547. The van der Waals surface area contributed by atoms with E-state index in [0.29, 0.717) is 21.3 Å². The van der Waals surface area contributed by atoms with Gasteiger partial charge < -0.3 is 15.2 Å². The van der Waals surface area contributed by atoms with Crippen LogP contribution in [0.1, 0.15) is 5.56 Å². The van der Waals surface area contributed by atoms with Gasteiger partial charge >= 0.3 is 0 Å². The Morgan fingerprint density at radius 2 is 1.74 bits per heavy atom. The van der Waals surface area contributed by atoms with Crippen molar-refractivity contribution in [2.24, 2.45) is 0 Å². The first-order chi connectivity index (χ1) is 12.9. The second-order valence-corrected chi connectivity index (χ2v) is 7.69. The van der Waals surface area contributed by atoms with Crippen LogP contribution in [-0.4, -0.2) is 15.2 Å². The van der Waals surface area contributed by atoms with Gasteiger partial charge in [-0.1, -0.05) is 41.9 Å². The molecule has 27 heavy (non-hydrogen) atoms. The van der Waals surface area contributed by atoms with Gasteiger partial charge in [-0.2, -0.15) is 0 Å². The van der Waals surface area contributed by atoms with Gasteiger partial charge in [0, 0.05) is 16.7 Å². The van der Waals surface area contributed by atoms with E-state index in [1.165, 1.54) is 19.1 Å². The number of rotatable bonds is 2. The van der Waals surface area contributed by atoms with Crippen molar-refractivity contribution in [1.82, 2.24) is 4.98 Å². The Morgan fingerprint density at radius 3 is 2.44 bits per heavy atom. The van der Waals surface area contributed by atoms with E-state index in [9.17, 15) is 19.4 Å². The molecular formula is C20H13ClFNO3S. The minimum Gasteiger partial charge on any atom is -0.507 e. The number of phenolic OH excluding ortho intramolecular Hbond substituents is 1. The van der Waals surface area contributed by atoms with Crippen LogP contribution < -0.4 is 5.56 Å². The van der Waals surface area contributed by atoms with Crippen LogP contribution in [0.3, 0.4) is 0 Å². The van der Waals surface area contributed by atoms with Gasteiger partial charge in [0.25, 0.3) is 5.56 Å². The molecule has 0 saturated heterocycles. The maximum Gasteiger partial charge on any atom is 0.260 e. The Labute approximate surface area is 162 Å². The molecule has 0 aliphatic carbocycles. The van der Waals surface area contributed by atoms with E-state index < -0.39 is 11.4 Å². The summed E-state index contributed by atoms with van der Waals surface area (Å²) < 4.78 is 14.0. The highest BCUT2D eigenvalue weighted by Crippen LogP contribution is 2.49. The molecule has 0 bridgehead atoms. The second-order valence-electron chi connectivity index (χ2n) is 6.07. The zero-order chi connectivity index (χ0) is 19.3. The van der Waals surface area contributed by atoms with Crippen molar-refractivity contribution in [1.29, 1.82) is 0 Å². The highest BCUT2D eigenvalue weighted by molar-refractivity contribution is 7.23. The fourth-order valence-corrected chi connectivity index (χ4v) is 4.47. The van der Waals surface area contributed by atoms with Gasteiger partial charge in [0.15, 0.2) is 0 Å². The first-order valence-electron chi connectivity index (χ1n) is 8.01. The lowest BCUT2D eigenvalue weighted by molar-refractivity contribution is 0.465. The van der Waals surface area contributed by atoms with E-state index >= 15 is 0 Å². The van der Waals surface area contributed by atoms with Crippen LogP contribution in [0.15, 0.2) is 47.3 Å². The van der Waals surface area contributed by atoms with Crippen LogP contribution in [0.4, 0.5) is 4.39 Å². The van der Waals surface area contributed by atoms with Crippen molar-refractivity contribution in [2.75, 3.05) is 0 Å². The topological polar surface area (TPSA) is 73.3 Å². The third kappa shape index (κ3) is 2.69. The van der Waals surface area contributed by atoms with Crippen LogP contribution in [-0.2, 0) is 0 Å². The SMILES string of the molecule is Cc1c(F)ccc(-c2c(Cl)sc3[nH]c(=O)c(-c4ccccc4)c(O)c23)c1O. The number of aromatic hydroxyl groups is 2. The largest absolute Gasteiger partial charge is 0.507 e. The van der Waals surface area contributed by atoms with Gasteiger partial charge in [0.1, 0.15) is 26.5 Å². The van der Waals surface area contributed by atoms with E-state index in [2.05, 4.69) is 4.98 Å². The van der Waals surface area contributed by atoms with Crippen molar-refractivity contribution in [3.63, 3.8) is 0 Å². The van der Waals surface area contributed by atoms with Crippen LogP contribution in [0.5, 0.6) is 11.5 Å². The Kier molecular flexibility index (Phi) is 4.17. The smallest absolute Gasteiger partial charge is 0.260 e. The molecule has 0 spiro atoms. The highest BCUT2D eigenvalue weighted by Gasteiger charge is 2.24. The summed E-state index contributed by atoms with van der Waals surface area (Å²) in [4.78, 5) is 15.6. The number of hydrogen-bond acceptors (Lipinski definition) is 4. The van der Waals surface area contributed by atoms with Crippen LogP contribution in [0, 0.1) is 12.7 Å². The summed E-state index contributed by atoms with van der Waals surface area (Å²) in [6.07, 6.45) is 0. The average molecular weight is 402 g/mol. The third-order valence-electron chi connectivity index (χ3n) is 4.49. The highest BCUT2D eigenvalue weighted by atomic mass is 35.5. The number of benzene rings is 2. The maximum atomic E-state index is 13.7. The van der Waals surface area contributed by atoms with Gasteiger partial charge in [-0.15, -0.1) is 11.3 Å². The summed E-state index contributed by atoms with van der Waals surface area (Å²) in [6, 6.07) is 11.4. The monoisotopic (exact) mass is 401 g/mol. The molecule has 0 amide bonds. The van der Waals surface area contributed by atoms with Crippen LogP contribution in [0.2, 0.25) is 4.34 Å². The number of thiophene rings is 1. The minimum absolute atomic E-state index is 0.0788. The van der Waals surface area contributed by atoms with Gasteiger partial charge in [0.2, 0.25) is 0 Å². The number of aromatic amines is 1. The van der Waals surface area contributed by atoms with E-state index in [0.717, 1.165) is 11.3 Å². The van der Waals surface area contributed by atoms with Crippen molar-refractivity contribution in [3.8, 4) is 33.8 Å². The van der Waals surface area contributed by atoms with Gasteiger partial charge in [-0.3, -0.25) is 4.79 Å². The molecular weight excluding hydrogens is 389 g/mol. The van der Waals surface area contributed by atoms with E-state index in [4.69, 9.17) is 11.6 Å². The standard InChI is InChI=1S/C20H13ClFNO3S/c1-9-12(22)8-7-11(16(9)24)14-15-17(25)13(10-5-3-2-4-6-10)19(26)23-20(15)27-18(14)21/h2-8,24H,1H3,(H2,23,25,26). The molecule has 2 aromatic carbocycles. The quantitative estimate of drug-likeness (QED) is 0.419. The first-order valence-corrected chi connectivity index (χ1v) is 9.20. The molecule has 0 atom stereocenters. The van der Waals surface area contributed by atoms with Gasteiger partial charge in [-0.25, -0.2) is 4.39 Å². The molecule has 4 aromatic rings. The molecule has 0 aliphatic rings.